The Morgan fingerprint density at radius 1 is 1.42 bits per heavy atom. The van der Waals surface area contributed by atoms with Crippen LogP contribution in [-0.4, -0.2) is 26.5 Å². The molecule has 1 aromatic rings. The molecule has 0 saturated heterocycles. The van der Waals surface area contributed by atoms with Gasteiger partial charge in [-0.15, -0.1) is 0 Å². The molecule has 1 aromatic carbocycles. The van der Waals surface area contributed by atoms with Crippen LogP contribution in [0.1, 0.15) is 11.1 Å². The topological polar surface area (TPSA) is 45.1 Å². The minimum absolute atomic E-state index is 0. The van der Waals surface area contributed by atoms with Gasteiger partial charge >= 0.3 is 17.1 Å². The number of ether oxygens (including phenoxy) is 1. The van der Waals surface area contributed by atoms with Crippen LogP contribution in [0, 0.1) is 24.7 Å². The van der Waals surface area contributed by atoms with Gasteiger partial charge in [-0.1, -0.05) is 30.6 Å². The van der Waals surface area contributed by atoms with Crippen LogP contribution in [0.15, 0.2) is 24.8 Å². The van der Waals surface area contributed by atoms with E-state index in [2.05, 4.69) is 23.7 Å². The van der Waals surface area contributed by atoms with E-state index in [-0.39, 0.29) is 24.5 Å². The molecule has 0 bridgehead atoms. The molecule has 4 heteroatoms. The number of anilines is 1. The SMILES string of the molecule is C=Cc1ccc(NCC#CCOC)c(C=N)c1.[CH3-].[Cu+]. The third-order valence-electron chi connectivity index (χ3n) is 2.18. The van der Waals surface area contributed by atoms with E-state index in [9.17, 15) is 0 Å². The summed E-state index contributed by atoms with van der Waals surface area (Å²) in [6.45, 7) is 4.68. The van der Waals surface area contributed by atoms with Crippen molar-refractivity contribution in [2.24, 2.45) is 0 Å². The molecule has 3 nitrogen and oxygen atoms in total. The first-order valence-corrected chi connectivity index (χ1v) is 5.27. The predicted molar refractivity (Wildman–Crippen MR) is 79.0 cm³/mol. The fourth-order valence-corrected chi connectivity index (χ4v) is 1.31. The van der Waals surface area contributed by atoms with Gasteiger partial charge < -0.3 is 22.9 Å². The normalized spacial score (nSPS) is 8.05. The quantitative estimate of drug-likeness (QED) is 0.380. The van der Waals surface area contributed by atoms with E-state index in [1.54, 1.807) is 13.2 Å². The van der Waals surface area contributed by atoms with Crippen molar-refractivity contribution >= 4 is 18.0 Å². The van der Waals surface area contributed by atoms with Gasteiger partial charge in [-0.25, -0.2) is 0 Å². The fourth-order valence-electron chi connectivity index (χ4n) is 1.31. The Hall–Kier alpha value is -1.53. The van der Waals surface area contributed by atoms with Crippen LogP contribution >= 0.6 is 0 Å². The van der Waals surface area contributed by atoms with Crippen LogP contribution in [0.3, 0.4) is 0 Å². The second-order valence-electron chi connectivity index (χ2n) is 3.34. The summed E-state index contributed by atoms with van der Waals surface area (Å²) in [5, 5.41) is 10.5. The molecule has 0 amide bonds. The number of hydrogen-bond acceptors (Lipinski definition) is 3. The molecule has 0 aliphatic rings. The molecule has 0 unspecified atom stereocenters. The van der Waals surface area contributed by atoms with Crippen molar-refractivity contribution in [1.82, 2.24) is 0 Å². The third-order valence-corrected chi connectivity index (χ3v) is 2.18. The van der Waals surface area contributed by atoms with Gasteiger partial charge in [-0.2, -0.15) is 0 Å². The van der Waals surface area contributed by atoms with Gasteiger partial charge in [0.25, 0.3) is 0 Å². The molecule has 0 aromatic heterocycles. The number of methoxy groups -OCH3 is 1. The van der Waals surface area contributed by atoms with Crippen LogP contribution in [0.2, 0.25) is 0 Å². The van der Waals surface area contributed by atoms with E-state index in [1.807, 2.05) is 18.2 Å². The average molecular weight is 307 g/mol. The average Bonchev–Trinajstić information content (AvgIpc) is 2.38. The predicted octanol–water partition coefficient (Wildman–Crippen LogP) is 2.84. The third kappa shape index (κ3) is 6.83. The summed E-state index contributed by atoms with van der Waals surface area (Å²) in [6, 6.07) is 5.78. The molecule has 0 aliphatic carbocycles. The van der Waals surface area contributed by atoms with Crippen LogP contribution < -0.4 is 5.32 Å². The van der Waals surface area contributed by atoms with Crippen LogP contribution in [0.4, 0.5) is 5.69 Å². The summed E-state index contributed by atoms with van der Waals surface area (Å²) in [6.07, 6.45) is 3.08. The van der Waals surface area contributed by atoms with Crippen molar-refractivity contribution in [2.75, 3.05) is 25.6 Å². The Morgan fingerprint density at radius 3 is 2.74 bits per heavy atom. The van der Waals surface area contributed by atoms with Gasteiger partial charge in [0.2, 0.25) is 0 Å². The van der Waals surface area contributed by atoms with Gasteiger partial charge in [0.15, 0.2) is 0 Å². The summed E-state index contributed by atoms with van der Waals surface area (Å²) in [4.78, 5) is 0. The monoisotopic (exact) mass is 306 g/mol. The molecule has 0 heterocycles. The van der Waals surface area contributed by atoms with Gasteiger partial charge in [0.05, 0.1) is 6.54 Å². The zero-order chi connectivity index (χ0) is 12.5. The van der Waals surface area contributed by atoms with Gasteiger partial charge in [0, 0.05) is 24.6 Å². The van der Waals surface area contributed by atoms with E-state index in [1.165, 1.54) is 6.21 Å². The fraction of sp³-hybridized carbons (Fsp3) is 0.200. The molecule has 2 N–H and O–H groups in total. The largest absolute Gasteiger partial charge is 1.00 e. The number of rotatable bonds is 5. The first-order valence-electron chi connectivity index (χ1n) is 5.27. The molecule has 0 atom stereocenters. The Morgan fingerprint density at radius 2 is 2.16 bits per heavy atom. The molecular weight excluding hydrogens is 288 g/mol. The minimum atomic E-state index is 0. The zero-order valence-corrected chi connectivity index (χ0v) is 12.2. The van der Waals surface area contributed by atoms with Crippen LogP contribution in [0.25, 0.3) is 6.08 Å². The van der Waals surface area contributed by atoms with Crippen molar-refractivity contribution in [3.8, 4) is 11.8 Å². The molecule has 0 radical (unpaired) electrons. The Bertz CT molecular complexity index is 461. The first kappa shape index (κ1) is 19.8. The second kappa shape index (κ2) is 11.6. The van der Waals surface area contributed by atoms with E-state index < -0.39 is 0 Å². The maximum Gasteiger partial charge on any atom is 1.00 e. The van der Waals surface area contributed by atoms with Crippen molar-refractivity contribution in [1.29, 1.82) is 5.41 Å². The number of benzene rings is 1. The van der Waals surface area contributed by atoms with E-state index in [0.29, 0.717) is 13.2 Å². The number of hydrogen-bond donors (Lipinski definition) is 2. The van der Waals surface area contributed by atoms with E-state index in [0.717, 1.165) is 16.8 Å². The second-order valence-corrected chi connectivity index (χ2v) is 3.34. The van der Waals surface area contributed by atoms with Crippen molar-refractivity contribution < 1.29 is 21.8 Å². The van der Waals surface area contributed by atoms with Crippen molar-refractivity contribution in [3.05, 3.63) is 43.3 Å². The van der Waals surface area contributed by atoms with Gasteiger partial charge in [0.1, 0.15) is 6.61 Å². The van der Waals surface area contributed by atoms with Crippen LogP contribution in [-0.2, 0) is 21.8 Å². The minimum Gasteiger partial charge on any atom is -0.374 e. The summed E-state index contributed by atoms with van der Waals surface area (Å²) in [5.74, 6) is 5.79. The zero-order valence-electron chi connectivity index (χ0n) is 11.2. The van der Waals surface area contributed by atoms with Crippen LogP contribution in [0.5, 0.6) is 0 Å². The van der Waals surface area contributed by atoms with Crippen molar-refractivity contribution in [3.63, 3.8) is 0 Å². The summed E-state index contributed by atoms with van der Waals surface area (Å²) in [5.41, 5.74) is 2.73. The molecule has 0 spiro atoms. The molecule has 106 valence electrons. The van der Waals surface area contributed by atoms with E-state index >= 15 is 0 Å². The molecule has 1 rings (SSSR count). The van der Waals surface area contributed by atoms with E-state index in [4.69, 9.17) is 10.1 Å². The maximum atomic E-state index is 7.35. The standard InChI is InChI=1S/C14H16N2O.CH3.Cu/c1-3-12-6-7-14(13(10-12)11-15)16-8-4-5-9-17-2;;/h3,6-7,10-11,15-16H,1,8-9H2,2H3;1H3;/q;-1;+1. The summed E-state index contributed by atoms with van der Waals surface area (Å²) >= 11 is 0. The Balaban J connectivity index is 0. The molecule has 0 fully saturated rings. The van der Waals surface area contributed by atoms with Gasteiger partial charge in [-0.05, 0) is 17.7 Å². The molecule has 0 saturated carbocycles. The maximum absolute atomic E-state index is 7.35. The smallest absolute Gasteiger partial charge is 0.374 e. The Kier molecular flexibility index (Phi) is 12.0. The summed E-state index contributed by atoms with van der Waals surface area (Å²) in [7, 11) is 1.61. The first-order chi connectivity index (χ1) is 8.31. The molecular formula is C15H19CuN2O. The van der Waals surface area contributed by atoms with Crippen molar-refractivity contribution in [2.45, 2.75) is 0 Å². The van der Waals surface area contributed by atoms with Gasteiger partial charge in [-0.3, -0.25) is 0 Å². The summed E-state index contributed by atoms with van der Waals surface area (Å²) < 4.78 is 4.82. The molecule has 0 aliphatic heterocycles. The molecule has 19 heavy (non-hydrogen) atoms. The Labute approximate surface area is 126 Å². The number of nitrogens with one attached hydrogen (secondary N) is 2.